The molecular formula is C13H19ClN4O2. The lowest BCUT2D eigenvalue weighted by atomic mass is 10.3. The Morgan fingerprint density at radius 2 is 2.05 bits per heavy atom. The summed E-state index contributed by atoms with van der Waals surface area (Å²) in [5.74, 6) is -0.255. The predicted octanol–water partition coefficient (Wildman–Crippen LogP) is 0.929. The number of amides is 2. The van der Waals surface area contributed by atoms with Crippen LogP contribution in [0.3, 0.4) is 0 Å². The molecule has 110 valence electrons. The Hall–Kier alpha value is -1.79. The summed E-state index contributed by atoms with van der Waals surface area (Å²) in [5.41, 5.74) is 6.63. The van der Waals surface area contributed by atoms with Crippen LogP contribution in [0.2, 0.25) is 5.02 Å². The van der Waals surface area contributed by atoms with Crippen LogP contribution in [0.15, 0.2) is 18.2 Å². The molecule has 2 amide bonds. The van der Waals surface area contributed by atoms with E-state index in [1.165, 1.54) is 0 Å². The predicted molar refractivity (Wildman–Crippen MR) is 80.7 cm³/mol. The number of rotatable bonds is 6. The number of benzene rings is 1. The highest BCUT2D eigenvalue weighted by Crippen LogP contribution is 2.23. The highest BCUT2D eigenvalue weighted by Gasteiger charge is 2.10. The Kier molecular flexibility index (Phi) is 6.27. The Morgan fingerprint density at radius 3 is 2.65 bits per heavy atom. The van der Waals surface area contributed by atoms with E-state index in [2.05, 4.69) is 10.6 Å². The van der Waals surface area contributed by atoms with Crippen LogP contribution in [0.25, 0.3) is 0 Å². The summed E-state index contributed by atoms with van der Waals surface area (Å²) in [6.45, 7) is 0.681. The van der Waals surface area contributed by atoms with Crippen LogP contribution >= 0.6 is 11.6 Å². The van der Waals surface area contributed by atoms with E-state index >= 15 is 0 Å². The maximum atomic E-state index is 11.8. The van der Waals surface area contributed by atoms with Crippen molar-refractivity contribution in [1.82, 2.24) is 10.2 Å². The second-order valence-electron chi connectivity index (χ2n) is 4.45. The van der Waals surface area contributed by atoms with Gasteiger partial charge in [0, 0.05) is 25.7 Å². The fraction of sp³-hybridized carbons (Fsp3) is 0.385. The van der Waals surface area contributed by atoms with E-state index in [0.29, 0.717) is 29.4 Å². The summed E-state index contributed by atoms with van der Waals surface area (Å²) >= 11 is 5.97. The Balaban J connectivity index is 2.45. The molecular weight excluding hydrogens is 280 g/mol. The summed E-state index contributed by atoms with van der Waals surface area (Å²) in [4.78, 5) is 24.7. The molecule has 0 spiro atoms. The molecule has 0 aliphatic heterocycles. The van der Waals surface area contributed by atoms with Crippen molar-refractivity contribution < 1.29 is 9.59 Å². The molecule has 0 aliphatic rings. The zero-order valence-corrected chi connectivity index (χ0v) is 12.3. The summed E-state index contributed by atoms with van der Waals surface area (Å²) in [6, 6.07) is 4.89. The molecule has 1 aromatic carbocycles. The number of nitrogen functional groups attached to an aromatic ring is 1. The van der Waals surface area contributed by atoms with Gasteiger partial charge >= 0.3 is 0 Å². The van der Waals surface area contributed by atoms with E-state index in [1.807, 2.05) is 0 Å². The second-order valence-corrected chi connectivity index (χ2v) is 4.86. The van der Waals surface area contributed by atoms with Gasteiger partial charge < -0.3 is 16.4 Å². The molecule has 0 unspecified atom stereocenters. The number of hydrogen-bond donors (Lipinski definition) is 3. The van der Waals surface area contributed by atoms with Crippen LogP contribution in [0.4, 0.5) is 11.4 Å². The third kappa shape index (κ3) is 5.46. The van der Waals surface area contributed by atoms with Crippen LogP contribution < -0.4 is 16.4 Å². The van der Waals surface area contributed by atoms with Crippen LogP contribution in [0, 0.1) is 0 Å². The van der Waals surface area contributed by atoms with E-state index in [0.717, 1.165) is 0 Å². The fourth-order valence-electron chi connectivity index (χ4n) is 1.56. The van der Waals surface area contributed by atoms with Gasteiger partial charge in [0.1, 0.15) is 0 Å². The fourth-order valence-corrected chi connectivity index (χ4v) is 1.80. The number of nitrogens with two attached hydrogens (primary N) is 1. The van der Waals surface area contributed by atoms with Gasteiger partial charge in [0.25, 0.3) is 0 Å². The Labute approximate surface area is 123 Å². The molecule has 0 aromatic heterocycles. The smallest absolute Gasteiger partial charge is 0.238 e. The first-order valence-electron chi connectivity index (χ1n) is 6.16. The molecule has 0 aliphatic carbocycles. The van der Waals surface area contributed by atoms with Gasteiger partial charge in [-0.2, -0.15) is 0 Å². The van der Waals surface area contributed by atoms with Crippen LogP contribution in [0.5, 0.6) is 0 Å². The van der Waals surface area contributed by atoms with Crippen molar-refractivity contribution in [3.8, 4) is 0 Å². The molecule has 0 radical (unpaired) electrons. The molecule has 4 N–H and O–H groups in total. The largest absolute Gasteiger partial charge is 0.399 e. The number of hydrogen-bond acceptors (Lipinski definition) is 4. The topological polar surface area (TPSA) is 87.5 Å². The van der Waals surface area contributed by atoms with Crippen molar-refractivity contribution in [3.63, 3.8) is 0 Å². The summed E-state index contributed by atoms with van der Waals surface area (Å²) in [6.07, 6.45) is 0.350. The molecule has 6 nitrogen and oxygen atoms in total. The lowest BCUT2D eigenvalue weighted by molar-refractivity contribution is -0.122. The average molecular weight is 299 g/mol. The number of halogens is 1. The van der Waals surface area contributed by atoms with Gasteiger partial charge in [0.15, 0.2) is 0 Å². The van der Waals surface area contributed by atoms with Crippen LogP contribution in [-0.2, 0) is 9.59 Å². The molecule has 0 bridgehead atoms. The number of carbonyl (C=O) groups excluding carboxylic acids is 2. The van der Waals surface area contributed by atoms with Gasteiger partial charge in [-0.15, -0.1) is 0 Å². The quantitative estimate of drug-likeness (QED) is 0.682. The first-order valence-corrected chi connectivity index (χ1v) is 6.54. The third-order valence-corrected chi connectivity index (χ3v) is 2.99. The summed E-state index contributed by atoms with van der Waals surface area (Å²) in [5, 5.41) is 5.63. The minimum atomic E-state index is -0.198. The summed E-state index contributed by atoms with van der Waals surface area (Å²) in [7, 11) is 3.35. The standard InChI is InChI=1S/C13H19ClN4O2/c1-16-12(19)5-6-18(2)8-13(20)17-11-4-3-9(15)7-10(11)14/h3-4,7H,5-6,8,15H2,1-2H3,(H,16,19)(H,17,20). The molecule has 1 aromatic rings. The van der Waals surface area contributed by atoms with E-state index in [-0.39, 0.29) is 18.4 Å². The highest BCUT2D eigenvalue weighted by atomic mass is 35.5. The minimum absolute atomic E-state index is 0.0566. The monoisotopic (exact) mass is 298 g/mol. The SMILES string of the molecule is CNC(=O)CCN(C)CC(=O)Nc1ccc(N)cc1Cl. The molecule has 7 heteroatoms. The van der Waals surface area contributed by atoms with Crippen molar-refractivity contribution in [2.45, 2.75) is 6.42 Å². The van der Waals surface area contributed by atoms with Gasteiger partial charge in [0.2, 0.25) is 11.8 Å². The zero-order valence-electron chi connectivity index (χ0n) is 11.6. The maximum absolute atomic E-state index is 11.8. The zero-order chi connectivity index (χ0) is 15.1. The van der Waals surface area contributed by atoms with Crippen molar-refractivity contribution in [3.05, 3.63) is 23.2 Å². The number of nitrogens with zero attached hydrogens (tertiary/aromatic N) is 1. The lowest BCUT2D eigenvalue weighted by Gasteiger charge is -2.16. The molecule has 0 atom stereocenters. The van der Waals surface area contributed by atoms with E-state index in [1.54, 1.807) is 37.2 Å². The van der Waals surface area contributed by atoms with Crippen molar-refractivity contribution in [2.24, 2.45) is 0 Å². The Morgan fingerprint density at radius 1 is 1.35 bits per heavy atom. The molecule has 0 heterocycles. The van der Waals surface area contributed by atoms with Crippen LogP contribution in [-0.4, -0.2) is 43.9 Å². The minimum Gasteiger partial charge on any atom is -0.399 e. The van der Waals surface area contributed by atoms with Crippen molar-refractivity contribution in [2.75, 3.05) is 38.2 Å². The highest BCUT2D eigenvalue weighted by molar-refractivity contribution is 6.34. The molecule has 0 saturated heterocycles. The van der Waals surface area contributed by atoms with Crippen molar-refractivity contribution >= 4 is 34.8 Å². The second kappa shape index (κ2) is 7.72. The Bertz CT molecular complexity index is 493. The van der Waals surface area contributed by atoms with Gasteiger partial charge in [0.05, 0.1) is 17.3 Å². The first kappa shape index (κ1) is 16.3. The average Bonchev–Trinajstić information content (AvgIpc) is 2.39. The number of carbonyl (C=O) groups is 2. The summed E-state index contributed by atoms with van der Waals surface area (Å²) < 4.78 is 0. The maximum Gasteiger partial charge on any atom is 0.238 e. The molecule has 1 rings (SSSR count). The third-order valence-electron chi connectivity index (χ3n) is 2.68. The van der Waals surface area contributed by atoms with Gasteiger partial charge in [-0.1, -0.05) is 11.6 Å². The van der Waals surface area contributed by atoms with Gasteiger partial charge in [-0.3, -0.25) is 14.5 Å². The van der Waals surface area contributed by atoms with Crippen molar-refractivity contribution in [1.29, 1.82) is 0 Å². The number of nitrogens with one attached hydrogen (secondary N) is 2. The number of anilines is 2. The molecule has 20 heavy (non-hydrogen) atoms. The van der Waals surface area contributed by atoms with Gasteiger partial charge in [-0.05, 0) is 25.2 Å². The van der Waals surface area contributed by atoms with E-state index < -0.39 is 0 Å². The number of likely N-dealkylation sites (N-methyl/N-ethyl adjacent to an activating group) is 1. The first-order chi connectivity index (χ1) is 9.42. The van der Waals surface area contributed by atoms with E-state index in [4.69, 9.17) is 17.3 Å². The van der Waals surface area contributed by atoms with Gasteiger partial charge in [-0.25, -0.2) is 0 Å². The van der Waals surface area contributed by atoms with E-state index in [9.17, 15) is 9.59 Å². The molecule has 0 fully saturated rings. The van der Waals surface area contributed by atoms with Crippen LogP contribution in [0.1, 0.15) is 6.42 Å². The molecule has 0 saturated carbocycles. The normalized spacial score (nSPS) is 10.4. The lowest BCUT2D eigenvalue weighted by Crippen LogP contribution is -2.33.